The summed E-state index contributed by atoms with van der Waals surface area (Å²) in [4.78, 5) is 39.6. The number of halogens is 9. The van der Waals surface area contributed by atoms with E-state index in [1.165, 1.54) is 12.1 Å². The summed E-state index contributed by atoms with van der Waals surface area (Å²) in [5.41, 5.74) is -5.65. The molecule has 1 amide bonds. The zero-order valence-electron chi connectivity index (χ0n) is 29.6. The van der Waals surface area contributed by atoms with Gasteiger partial charge in [0.2, 0.25) is 11.6 Å². The van der Waals surface area contributed by atoms with Crippen LogP contribution in [0.3, 0.4) is 0 Å². The van der Waals surface area contributed by atoms with Gasteiger partial charge in [0, 0.05) is 19.0 Å². The summed E-state index contributed by atoms with van der Waals surface area (Å²) in [6.07, 6.45) is 0. The van der Waals surface area contributed by atoms with Crippen molar-refractivity contribution < 1.29 is 85.5 Å². The largest absolute Gasteiger partial charge is 0.516 e. The minimum atomic E-state index is -6.53. The van der Waals surface area contributed by atoms with Gasteiger partial charge in [-0.3, -0.25) is 18.9 Å². The third kappa shape index (κ3) is 8.61. The van der Waals surface area contributed by atoms with Gasteiger partial charge in [0.1, 0.15) is 42.6 Å². The molecule has 24 heteroatoms. The summed E-state index contributed by atoms with van der Waals surface area (Å²) >= 11 is 3.40. The average molecular weight is 1110 g/mol. The lowest BCUT2D eigenvalue weighted by molar-refractivity contribution is -0.164. The van der Waals surface area contributed by atoms with Crippen molar-refractivity contribution in [3.63, 3.8) is 0 Å². The van der Waals surface area contributed by atoms with E-state index in [2.05, 4.69) is 0 Å². The van der Waals surface area contributed by atoms with Gasteiger partial charge in [0.25, 0.3) is 16.0 Å². The van der Waals surface area contributed by atoms with Crippen LogP contribution >= 0.6 is 45.2 Å². The third-order valence-corrected chi connectivity index (χ3v) is 13.8. The maximum Gasteiger partial charge on any atom is 0.516 e. The van der Waals surface area contributed by atoms with Crippen molar-refractivity contribution in [3.05, 3.63) is 119 Å². The molecule has 320 valence electrons. The Bertz CT molecular complexity index is 2550. The molecular formula is C36H24F7I2NO12S2. The van der Waals surface area contributed by atoms with Crippen LogP contribution in [-0.4, -0.2) is 71.2 Å². The van der Waals surface area contributed by atoms with Crippen LogP contribution in [0.1, 0.15) is 44.4 Å². The van der Waals surface area contributed by atoms with Crippen molar-refractivity contribution in [2.24, 2.45) is 11.8 Å². The number of amides is 1. The molecule has 2 bridgehead atoms. The van der Waals surface area contributed by atoms with E-state index in [9.17, 15) is 66.5 Å². The van der Waals surface area contributed by atoms with Crippen LogP contribution in [0.25, 0.3) is 0 Å². The number of fused-ring (bicyclic) bond motifs is 1. The number of alkyl halides is 3. The lowest BCUT2D eigenvalue weighted by Crippen LogP contribution is -2.48. The molecule has 0 aliphatic heterocycles. The summed E-state index contributed by atoms with van der Waals surface area (Å²) in [5, 5.41) is 0. The first kappa shape index (κ1) is 45.3. The van der Waals surface area contributed by atoms with E-state index >= 15 is 0 Å². The molecular weight excluding hydrogens is 1090 g/mol. The van der Waals surface area contributed by atoms with Crippen LogP contribution in [0.4, 0.5) is 30.7 Å². The van der Waals surface area contributed by atoms with Crippen LogP contribution in [0.15, 0.2) is 65.6 Å². The monoisotopic (exact) mass is 1110 g/mol. The van der Waals surface area contributed by atoms with Crippen LogP contribution in [0.5, 0.6) is 11.5 Å². The topological polar surface area (TPSA) is 189 Å². The third-order valence-electron chi connectivity index (χ3n) is 9.36. The molecule has 4 aromatic rings. The molecule has 0 saturated heterocycles. The van der Waals surface area contributed by atoms with E-state index in [-0.39, 0.29) is 35.7 Å². The predicted molar refractivity (Wildman–Crippen MR) is 207 cm³/mol. The zero-order valence-corrected chi connectivity index (χ0v) is 35.5. The van der Waals surface area contributed by atoms with Gasteiger partial charge in [0.15, 0.2) is 17.4 Å². The normalized spacial score (nSPS) is 18.2. The molecule has 0 heterocycles. The van der Waals surface area contributed by atoms with Gasteiger partial charge in [-0.15, -0.1) is 0 Å². The van der Waals surface area contributed by atoms with Gasteiger partial charge in [-0.05, 0) is 79.6 Å². The average Bonchev–Trinajstić information content (AvgIpc) is 3.16. The molecule has 2 unspecified atom stereocenters. The SMILES string of the molecule is O=C(NS(=O)(=O)C(F)(F)F)c1c(F)c(F)c(OCCOC(=O)C2C3c4ccccc4C(c4ccccc43)C2C(=O)OCCOc2cc(I)c(S(=O)(=O)O)c(I)c2)c(F)c1F. The number of carbonyl (C=O) groups is 3. The van der Waals surface area contributed by atoms with Crippen molar-refractivity contribution in [1.82, 2.24) is 4.72 Å². The molecule has 2 N–H and O–H groups in total. The Kier molecular flexibility index (Phi) is 13.0. The minimum absolute atomic E-state index is 0.163. The Morgan fingerprint density at radius 1 is 0.667 bits per heavy atom. The van der Waals surface area contributed by atoms with E-state index in [0.29, 0.717) is 11.1 Å². The number of hydrogen-bond acceptors (Lipinski definition) is 11. The quantitative estimate of drug-likeness (QED) is 0.0378. The summed E-state index contributed by atoms with van der Waals surface area (Å²) in [5.74, 6) is -20.3. The highest BCUT2D eigenvalue weighted by molar-refractivity contribution is 14.1. The van der Waals surface area contributed by atoms with E-state index in [4.69, 9.17) is 18.9 Å². The lowest BCUT2D eigenvalue weighted by atomic mass is 9.54. The molecule has 4 aromatic carbocycles. The standard InChI is InChI=1S/C36H24F7I2NO12S2/c37-27-26(33(47)46-60(53,54)36(41,42)43)28(38)30(40)31(29(27)39)56-10-12-58-35(49)25-23-18-7-3-1-5-16(18)22(17-6-2-4-8-19(17)23)24(25)34(48)57-11-9-55-15-13-20(44)32(21(45)14-15)59(50,51)52/h1-8,13-14,22-25H,9-12H2,(H,46,47)(H,50,51,52). The Balaban J connectivity index is 1.19. The predicted octanol–water partition coefficient (Wildman–Crippen LogP) is 6.35. The Morgan fingerprint density at radius 3 is 1.45 bits per heavy atom. The van der Waals surface area contributed by atoms with Gasteiger partial charge in [0.05, 0.1) is 11.8 Å². The van der Waals surface area contributed by atoms with Crippen molar-refractivity contribution in [1.29, 1.82) is 0 Å². The van der Waals surface area contributed by atoms with Gasteiger partial charge in [-0.25, -0.2) is 13.5 Å². The molecule has 2 atom stereocenters. The summed E-state index contributed by atoms with van der Waals surface area (Å²) in [7, 11) is -11.1. The van der Waals surface area contributed by atoms with Crippen molar-refractivity contribution in [3.8, 4) is 11.5 Å². The number of benzene rings is 4. The van der Waals surface area contributed by atoms with Crippen molar-refractivity contribution in [2.45, 2.75) is 22.2 Å². The van der Waals surface area contributed by atoms with Gasteiger partial charge < -0.3 is 18.9 Å². The van der Waals surface area contributed by atoms with Gasteiger partial charge >= 0.3 is 27.5 Å². The fraction of sp³-hybridized carbons (Fsp3) is 0.250. The molecule has 3 aliphatic rings. The zero-order chi connectivity index (χ0) is 44.1. The first-order chi connectivity index (χ1) is 28.1. The van der Waals surface area contributed by atoms with Gasteiger partial charge in [-0.2, -0.15) is 38.8 Å². The molecule has 0 fully saturated rings. The lowest BCUT2D eigenvalue weighted by Gasteiger charge is -2.48. The summed E-state index contributed by atoms with van der Waals surface area (Å²) in [6.45, 7) is -2.43. The number of hydrogen-bond donors (Lipinski definition) is 2. The van der Waals surface area contributed by atoms with Crippen LogP contribution in [0, 0.1) is 42.2 Å². The van der Waals surface area contributed by atoms with Crippen molar-refractivity contribution in [2.75, 3.05) is 26.4 Å². The highest BCUT2D eigenvalue weighted by Crippen LogP contribution is 2.58. The number of ether oxygens (including phenoxy) is 4. The summed E-state index contributed by atoms with van der Waals surface area (Å²) in [6, 6.07) is 16.7. The summed E-state index contributed by atoms with van der Waals surface area (Å²) < 4.78 is 174. The highest BCUT2D eigenvalue weighted by atomic mass is 127. The molecule has 7 rings (SSSR count). The molecule has 0 saturated carbocycles. The second-order valence-electron chi connectivity index (χ2n) is 12.8. The molecule has 0 spiro atoms. The maximum absolute atomic E-state index is 14.8. The van der Waals surface area contributed by atoms with E-state index in [1.54, 1.807) is 93.7 Å². The van der Waals surface area contributed by atoms with E-state index in [1.807, 2.05) is 0 Å². The second kappa shape index (κ2) is 17.2. The fourth-order valence-electron chi connectivity index (χ4n) is 7.06. The van der Waals surface area contributed by atoms with Crippen LogP contribution in [-0.2, 0) is 39.2 Å². The molecule has 3 aliphatic carbocycles. The fourth-order valence-corrected chi connectivity index (χ4v) is 11.5. The van der Waals surface area contributed by atoms with Gasteiger partial charge in [-0.1, -0.05) is 48.5 Å². The molecule has 0 aromatic heterocycles. The smallest absolute Gasteiger partial charge is 0.490 e. The Morgan fingerprint density at radius 2 is 1.07 bits per heavy atom. The maximum atomic E-state index is 14.8. The van der Waals surface area contributed by atoms with E-state index in [0.717, 1.165) is 11.1 Å². The van der Waals surface area contributed by atoms with Crippen LogP contribution < -0.4 is 14.2 Å². The second-order valence-corrected chi connectivity index (χ2v) is 18.2. The molecule has 60 heavy (non-hydrogen) atoms. The Hall–Kier alpha value is -4.28. The number of esters is 2. The number of carbonyl (C=O) groups excluding carboxylic acids is 3. The highest BCUT2D eigenvalue weighted by Gasteiger charge is 2.56. The number of nitrogens with one attached hydrogen (secondary N) is 1. The Labute approximate surface area is 362 Å². The first-order valence-corrected chi connectivity index (χ1v) is 21.9. The minimum Gasteiger partial charge on any atom is -0.490 e. The van der Waals surface area contributed by atoms with Crippen molar-refractivity contribution >= 4 is 83.2 Å². The number of rotatable bonds is 13. The number of sulfonamides is 1. The molecule has 13 nitrogen and oxygen atoms in total. The van der Waals surface area contributed by atoms with E-state index < -0.39 is 115 Å². The van der Waals surface area contributed by atoms with Crippen LogP contribution in [0.2, 0.25) is 0 Å². The first-order valence-electron chi connectivity index (χ1n) is 16.8. The molecule has 0 radical (unpaired) electrons.